The van der Waals surface area contributed by atoms with Gasteiger partial charge in [0, 0.05) is 65.0 Å². The second-order valence-electron chi connectivity index (χ2n) is 9.89. The van der Waals surface area contributed by atoms with Crippen LogP contribution in [-0.4, -0.2) is 84.1 Å². The van der Waals surface area contributed by atoms with Crippen LogP contribution in [0.4, 0.5) is 0 Å². The lowest BCUT2D eigenvalue weighted by atomic mass is 10.2. The standard InChI is InChI=1S/C9H14N2O.C9H18N2O.C9H17NO/c12-9-5-6-10-8-4-2-1-3-7-11(8)9;10-6-4-8-11-7-3-1-2-5-9(11)12;1-2-9(11)10-7-5-3-4-6-8-10/h1-7H2;1-8,10H2;2-8H2,1H3. The van der Waals surface area contributed by atoms with E-state index < -0.39 is 0 Å². The molecule has 0 bridgehead atoms. The number of rotatable bonds is 4. The van der Waals surface area contributed by atoms with E-state index in [1.165, 1.54) is 44.9 Å². The maximum absolute atomic E-state index is 11.4. The van der Waals surface area contributed by atoms with E-state index in [0.717, 1.165) is 77.1 Å². The highest BCUT2D eigenvalue weighted by Gasteiger charge is 2.23. The van der Waals surface area contributed by atoms with E-state index in [-0.39, 0.29) is 5.91 Å². The predicted molar refractivity (Wildman–Crippen MR) is 141 cm³/mol. The quantitative estimate of drug-likeness (QED) is 0.648. The maximum Gasteiger partial charge on any atom is 0.229 e. The average Bonchev–Trinajstić information content (AvgIpc) is 3.37. The molecule has 3 amide bonds. The molecule has 0 aromatic heterocycles. The van der Waals surface area contributed by atoms with Crippen LogP contribution in [0.3, 0.4) is 0 Å². The molecule has 0 radical (unpaired) electrons. The van der Waals surface area contributed by atoms with Crippen molar-refractivity contribution in [1.82, 2.24) is 14.7 Å². The van der Waals surface area contributed by atoms with Crippen molar-refractivity contribution < 1.29 is 14.4 Å². The molecular weight excluding hydrogens is 442 g/mol. The fraction of sp³-hybridized carbons (Fsp3) is 0.852. The van der Waals surface area contributed by atoms with Gasteiger partial charge < -0.3 is 20.4 Å². The largest absolute Gasteiger partial charge is 0.343 e. The summed E-state index contributed by atoms with van der Waals surface area (Å²) in [6.45, 7) is 8.02. The minimum absolute atomic E-state index is 0.280. The molecule has 0 aromatic rings. The number of nitrogens with two attached hydrogens (primary N) is 1. The van der Waals surface area contributed by atoms with Crippen molar-refractivity contribution in [3.63, 3.8) is 0 Å². The molecule has 4 aliphatic heterocycles. The molecule has 2 N–H and O–H groups in total. The Hall–Kier alpha value is -1.96. The third-order valence-corrected chi connectivity index (χ3v) is 7.08. The molecule has 4 rings (SSSR count). The lowest BCUT2D eigenvalue weighted by Gasteiger charge is -2.25. The third kappa shape index (κ3) is 11.1. The number of hydrogen-bond acceptors (Lipinski definition) is 5. The van der Waals surface area contributed by atoms with Gasteiger partial charge in [0.2, 0.25) is 17.7 Å². The zero-order valence-corrected chi connectivity index (χ0v) is 22.1. The Morgan fingerprint density at radius 2 is 1.43 bits per heavy atom. The summed E-state index contributed by atoms with van der Waals surface area (Å²) in [5.74, 6) is 1.97. The van der Waals surface area contributed by atoms with E-state index in [1.54, 1.807) is 0 Å². The first-order valence-corrected chi connectivity index (χ1v) is 14.2. The van der Waals surface area contributed by atoms with Gasteiger partial charge >= 0.3 is 0 Å². The smallest absolute Gasteiger partial charge is 0.229 e. The van der Waals surface area contributed by atoms with Gasteiger partial charge in [-0.3, -0.25) is 19.4 Å². The second kappa shape index (κ2) is 17.5. The van der Waals surface area contributed by atoms with E-state index in [4.69, 9.17) is 5.73 Å². The van der Waals surface area contributed by atoms with Gasteiger partial charge in [0.25, 0.3) is 0 Å². The Balaban J connectivity index is 0.000000185. The Morgan fingerprint density at radius 1 is 0.800 bits per heavy atom. The minimum atomic E-state index is 0.280. The van der Waals surface area contributed by atoms with Gasteiger partial charge in [-0.2, -0.15) is 0 Å². The van der Waals surface area contributed by atoms with E-state index >= 15 is 0 Å². The summed E-state index contributed by atoms with van der Waals surface area (Å²) >= 11 is 0. The minimum Gasteiger partial charge on any atom is -0.343 e. The van der Waals surface area contributed by atoms with Gasteiger partial charge in [-0.15, -0.1) is 0 Å². The molecule has 8 nitrogen and oxygen atoms in total. The van der Waals surface area contributed by atoms with Crippen LogP contribution in [-0.2, 0) is 14.4 Å². The Bertz CT molecular complexity index is 674. The van der Waals surface area contributed by atoms with E-state index in [0.29, 0.717) is 37.7 Å². The fourth-order valence-corrected chi connectivity index (χ4v) is 4.94. The van der Waals surface area contributed by atoms with Crippen molar-refractivity contribution >= 4 is 23.6 Å². The van der Waals surface area contributed by atoms with Crippen LogP contribution in [0.5, 0.6) is 0 Å². The van der Waals surface area contributed by atoms with Crippen LogP contribution in [0, 0.1) is 0 Å². The molecule has 200 valence electrons. The number of hydrogen-bond donors (Lipinski definition) is 1. The Labute approximate surface area is 212 Å². The van der Waals surface area contributed by atoms with Gasteiger partial charge in [0.05, 0.1) is 0 Å². The molecule has 4 heterocycles. The molecule has 3 saturated heterocycles. The van der Waals surface area contributed by atoms with Crippen LogP contribution in [0.1, 0.15) is 103 Å². The topological polar surface area (TPSA) is 99.3 Å². The first-order valence-electron chi connectivity index (χ1n) is 14.2. The van der Waals surface area contributed by atoms with Gasteiger partial charge in [0.15, 0.2) is 0 Å². The van der Waals surface area contributed by atoms with Crippen LogP contribution >= 0.6 is 0 Å². The maximum atomic E-state index is 11.4. The van der Waals surface area contributed by atoms with Crippen molar-refractivity contribution in [2.45, 2.75) is 103 Å². The molecule has 0 spiro atoms. The Kier molecular flexibility index (Phi) is 14.6. The van der Waals surface area contributed by atoms with Crippen LogP contribution in [0.15, 0.2) is 4.99 Å². The summed E-state index contributed by atoms with van der Waals surface area (Å²) in [6, 6.07) is 0. The summed E-state index contributed by atoms with van der Waals surface area (Å²) < 4.78 is 0. The van der Waals surface area contributed by atoms with Crippen molar-refractivity contribution in [2.75, 3.05) is 45.8 Å². The van der Waals surface area contributed by atoms with Crippen molar-refractivity contribution in [2.24, 2.45) is 10.7 Å². The molecule has 35 heavy (non-hydrogen) atoms. The normalized spacial score (nSPS) is 21.2. The SMILES string of the molecule is CCC(=O)N1CCCCCC1.NCCCN1CCCCCC1=O.O=C1CCN=C2CCCCCN12. The van der Waals surface area contributed by atoms with Gasteiger partial charge in [-0.1, -0.05) is 32.6 Å². The summed E-state index contributed by atoms with van der Waals surface area (Å²) in [5.41, 5.74) is 5.39. The molecule has 0 atom stereocenters. The van der Waals surface area contributed by atoms with E-state index in [1.807, 2.05) is 21.6 Å². The number of fused-ring (bicyclic) bond motifs is 1. The zero-order valence-electron chi connectivity index (χ0n) is 22.1. The monoisotopic (exact) mass is 491 g/mol. The average molecular weight is 492 g/mol. The van der Waals surface area contributed by atoms with E-state index in [2.05, 4.69) is 4.99 Å². The number of nitrogens with zero attached hydrogens (tertiary/aromatic N) is 4. The number of aliphatic imine (C=N–C) groups is 1. The third-order valence-electron chi connectivity index (χ3n) is 7.08. The number of amides is 3. The van der Waals surface area contributed by atoms with Crippen molar-refractivity contribution in [3.8, 4) is 0 Å². The van der Waals surface area contributed by atoms with Gasteiger partial charge in [-0.25, -0.2) is 0 Å². The molecule has 3 fully saturated rings. The molecule has 0 aromatic carbocycles. The van der Waals surface area contributed by atoms with Gasteiger partial charge in [0.1, 0.15) is 5.84 Å². The highest BCUT2D eigenvalue weighted by Crippen LogP contribution is 2.16. The fourth-order valence-electron chi connectivity index (χ4n) is 4.94. The lowest BCUT2D eigenvalue weighted by Crippen LogP contribution is -2.39. The summed E-state index contributed by atoms with van der Waals surface area (Å²) in [6.07, 6.45) is 16.0. The highest BCUT2D eigenvalue weighted by molar-refractivity contribution is 6.00. The predicted octanol–water partition coefficient (Wildman–Crippen LogP) is 3.73. The summed E-state index contributed by atoms with van der Waals surface area (Å²) in [5, 5.41) is 0. The molecular formula is C27H49N5O3. The molecule has 0 aliphatic carbocycles. The summed E-state index contributed by atoms with van der Waals surface area (Å²) in [7, 11) is 0. The zero-order chi connectivity index (χ0) is 25.3. The van der Waals surface area contributed by atoms with E-state index in [9.17, 15) is 14.4 Å². The van der Waals surface area contributed by atoms with Crippen LogP contribution in [0.2, 0.25) is 0 Å². The number of amidine groups is 1. The summed E-state index contributed by atoms with van der Waals surface area (Å²) in [4.78, 5) is 44.3. The van der Waals surface area contributed by atoms with Crippen LogP contribution in [0.25, 0.3) is 0 Å². The molecule has 0 unspecified atom stereocenters. The lowest BCUT2D eigenvalue weighted by molar-refractivity contribution is -0.131. The first kappa shape index (κ1) is 29.3. The van der Waals surface area contributed by atoms with Crippen molar-refractivity contribution in [3.05, 3.63) is 0 Å². The molecule has 4 aliphatic rings. The molecule has 8 heteroatoms. The van der Waals surface area contributed by atoms with Crippen LogP contribution < -0.4 is 5.73 Å². The highest BCUT2D eigenvalue weighted by atomic mass is 16.2. The number of carbonyl (C=O) groups excluding carboxylic acids is 3. The second-order valence-corrected chi connectivity index (χ2v) is 9.89. The number of likely N-dealkylation sites (tertiary alicyclic amines) is 2. The number of carbonyl (C=O) groups is 3. The Morgan fingerprint density at radius 3 is 2.11 bits per heavy atom. The molecule has 0 saturated carbocycles. The van der Waals surface area contributed by atoms with Gasteiger partial charge in [-0.05, 0) is 51.5 Å². The first-order chi connectivity index (χ1) is 17.1. The van der Waals surface area contributed by atoms with Crippen molar-refractivity contribution in [1.29, 1.82) is 0 Å².